The number of anilines is 2. The number of aliphatic hydroxyl groups excluding tert-OH is 1. The van der Waals surface area contributed by atoms with Gasteiger partial charge in [0.05, 0.1) is 20.8 Å². The third kappa shape index (κ3) is 3.78. The summed E-state index contributed by atoms with van der Waals surface area (Å²) in [5.74, 6) is 4.64. The molecule has 1 aromatic carbocycles. The molecule has 0 spiro atoms. The van der Waals surface area contributed by atoms with Crippen LogP contribution in [0.1, 0.15) is 35.7 Å². The van der Waals surface area contributed by atoms with Gasteiger partial charge in [-0.25, -0.2) is 9.97 Å². The number of methoxy groups -OCH3 is 2. The Bertz CT molecular complexity index is 823. The highest BCUT2D eigenvalue weighted by Crippen LogP contribution is 2.40. The molecule has 0 amide bonds. The number of aliphatic hydroxyl groups is 1. The van der Waals surface area contributed by atoms with Crippen LogP contribution in [0, 0.1) is 0 Å². The van der Waals surface area contributed by atoms with E-state index in [-0.39, 0.29) is 6.61 Å². The summed E-state index contributed by atoms with van der Waals surface area (Å²) in [6.45, 7) is 2.23. The largest absolute Gasteiger partial charge is 0.493 e. The van der Waals surface area contributed by atoms with Crippen LogP contribution in [0.4, 0.5) is 11.6 Å². The van der Waals surface area contributed by atoms with Crippen molar-refractivity contribution < 1.29 is 14.6 Å². The molecule has 0 unspecified atom stereocenters. The van der Waals surface area contributed by atoms with Gasteiger partial charge in [0.1, 0.15) is 17.5 Å². The number of rotatable bonds is 7. The van der Waals surface area contributed by atoms with E-state index in [1.54, 1.807) is 14.2 Å². The Labute approximate surface area is 159 Å². The van der Waals surface area contributed by atoms with Crippen LogP contribution in [0.5, 0.6) is 11.5 Å². The first-order valence-corrected chi connectivity index (χ1v) is 9.44. The number of benzene rings is 1. The Morgan fingerprint density at radius 2 is 1.85 bits per heavy atom. The van der Waals surface area contributed by atoms with Crippen LogP contribution in [-0.4, -0.2) is 49.0 Å². The quantitative estimate of drug-likeness (QED) is 0.774. The predicted octanol–water partition coefficient (Wildman–Crippen LogP) is 2.34. The molecule has 1 aliphatic heterocycles. The first kappa shape index (κ1) is 17.9. The van der Waals surface area contributed by atoms with Crippen molar-refractivity contribution in [3.8, 4) is 11.5 Å². The van der Waals surface area contributed by atoms with Gasteiger partial charge in [-0.15, -0.1) is 0 Å². The highest BCUT2D eigenvalue weighted by atomic mass is 16.5. The van der Waals surface area contributed by atoms with E-state index in [1.807, 2.05) is 6.07 Å². The fourth-order valence-corrected chi connectivity index (χ4v) is 3.49. The molecule has 0 saturated heterocycles. The first-order valence-electron chi connectivity index (χ1n) is 9.44. The van der Waals surface area contributed by atoms with E-state index in [1.165, 1.54) is 11.1 Å². The van der Waals surface area contributed by atoms with E-state index in [9.17, 15) is 0 Å². The Morgan fingerprint density at radius 1 is 1.11 bits per heavy atom. The van der Waals surface area contributed by atoms with Crippen molar-refractivity contribution in [1.82, 2.24) is 9.97 Å². The zero-order valence-corrected chi connectivity index (χ0v) is 15.9. The molecule has 7 nitrogen and oxygen atoms in total. The Balaban J connectivity index is 1.62. The summed E-state index contributed by atoms with van der Waals surface area (Å²) < 4.78 is 10.9. The third-order valence-electron chi connectivity index (χ3n) is 5.13. The minimum atomic E-state index is 0.0802. The van der Waals surface area contributed by atoms with Crippen LogP contribution in [-0.2, 0) is 13.0 Å². The van der Waals surface area contributed by atoms with E-state index in [2.05, 4.69) is 27.3 Å². The van der Waals surface area contributed by atoms with Gasteiger partial charge in [-0.2, -0.15) is 0 Å². The molecule has 1 aromatic heterocycles. The highest BCUT2D eigenvalue weighted by Gasteiger charge is 2.29. The van der Waals surface area contributed by atoms with E-state index in [4.69, 9.17) is 19.6 Å². The van der Waals surface area contributed by atoms with Gasteiger partial charge in [0.2, 0.25) is 0 Å². The fraction of sp³-hybridized carbons (Fsp3) is 0.500. The number of ether oxygens (including phenoxy) is 2. The number of hydrogen-bond donors (Lipinski definition) is 2. The van der Waals surface area contributed by atoms with E-state index in [0.29, 0.717) is 12.5 Å². The van der Waals surface area contributed by atoms with Gasteiger partial charge < -0.3 is 24.8 Å². The average molecular weight is 370 g/mol. The smallest absolute Gasteiger partial charge is 0.161 e. The lowest BCUT2D eigenvalue weighted by Gasteiger charge is -2.31. The second-order valence-electron chi connectivity index (χ2n) is 7.04. The van der Waals surface area contributed by atoms with Crippen LogP contribution < -0.4 is 19.7 Å². The molecule has 2 heterocycles. The maximum Gasteiger partial charge on any atom is 0.161 e. The molecule has 2 N–H and O–H groups in total. The van der Waals surface area contributed by atoms with Crippen molar-refractivity contribution in [3.63, 3.8) is 0 Å². The van der Waals surface area contributed by atoms with E-state index in [0.717, 1.165) is 61.3 Å². The van der Waals surface area contributed by atoms with Crippen LogP contribution in [0.25, 0.3) is 0 Å². The summed E-state index contributed by atoms with van der Waals surface area (Å²) in [5.41, 5.74) is 2.52. The molecule has 4 rings (SSSR count). The maximum absolute atomic E-state index is 9.10. The summed E-state index contributed by atoms with van der Waals surface area (Å²) in [6, 6.07) is 6.12. The number of nitrogens with one attached hydrogen (secondary N) is 1. The van der Waals surface area contributed by atoms with Crippen molar-refractivity contribution in [1.29, 1.82) is 0 Å². The Morgan fingerprint density at radius 3 is 2.52 bits per heavy atom. The SMILES string of the molecule is COc1cc2c(cc1OC)CN(c1cc(NCCO)nc(C3CC3)n1)CC2. The lowest BCUT2D eigenvalue weighted by molar-refractivity contribution is 0.311. The lowest BCUT2D eigenvalue weighted by Crippen LogP contribution is -2.31. The molecular weight excluding hydrogens is 344 g/mol. The molecular formula is C20H26N4O3. The van der Waals surface area contributed by atoms with Crippen molar-refractivity contribution in [2.45, 2.75) is 31.7 Å². The number of aromatic nitrogens is 2. The number of nitrogens with zero attached hydrogens (tertiary/aromatic N) is 3. The first-order chi connectivity index (χ1) is 13.2. The summed E-state index contributed by atoms with van der Waals surface area (Å²) >= 11 is 0. The summed E-state index contributed by atoms with van der Waals surface area (Å²) in [5, 5.41) is 12.3. The minimum absolute atomic E-state index is 0.0802. The fourth-order valence-electron chi connectivity index (χ4n) is 3.49. The lowest BCUT2D eigenvalue weighted by atomic mass is 9.99. The van der Waals surface area contributed by atoms with Crippen LogP contribution in [0.3, 0.4) is 0 Å². The number of fused-ring (bicyclic) bond motifs is 1. The van der Waals surface area contributed by atoms with Crippen LogP contribution in [0.2, 0.25) is 0 Å². The van der Waals surface area contributed by atoms with Gasteiger partial charge >= 0.3 is 0 Å². The zero-order chi connectivity index (χ0) is 18.8. The topological polar surface area (TPSA) is 79.7 Å². The normalized spacial score (nSPS) is 16.0. The van der Waals surface area contributed by atoms with Crippen molar-refractivity contribution in [3.05, 3.63) is 35.2 Å². The number of hydrogen-bond acceptors (Lipinski definition) is 7. The molecule has 0 bridgehead atoms. The molecule has 7 heteroatoms. The maximum atomic E-state index is 9.10. The van der Waals surface area contributed by atoms with Gasteiger partial charge in [0, 0.05) is 31.6 Å². The van der Waals surface area contributed by atoms with Crippen molar-refractivity contribution >= 4 is 11.6 Å². The van der Waals surface area contributed by atoms with Gasteiger partial charge in [-0.05, 0) is 42.5 Å². The summed E-state index contributed by atoms with van der Waals surface area (Å²) in [4.78, 5) is 11.7. The monoisotopic (exact) mass is 370 g/mol. The van der Waals surface area contributed by atoms with Crippen LogP contribution in [0.15, 0.2) is 18.2 Å². The van der Waals surface area contributed by atoms with E-state index >= 15 is 0 Å². The average Bonchev–Trinajstić information content (AvgIpc) is 3.56. The van der Waals surface area contributed by atoms with Gasteiger partial charge in [-0.1, -0.05) is 0 Å². The van der Waals surface area contributed by atoms with E-state index < -0.39 is 0 Å². The summed E-state index contributed by atoms with van der Waals surface area (Å²) in [7, 11) is 3.33. The third-order valence-corrected chi connectivity index (χ3v) is 5.13. The predicted molar refractivity (Wildman–Crippen MR) is 104 cm³/mol. The van der Waals surface area contributed by atoms with Gasteiger partial charge in [-0.3, -0.25) is 0 Å². The minimum Gasteiger partial charge on any atom is -0.493 e. The Kier molecular flexibility index (Phi) is 5.03. The molecule has 2 aromatic rings. The summed E-state index contributed by atoms with van der Waals surface area (Å²) in [6.07, 6.45) is 3.24. The molecule has 0 atom stereocenters. The van der Waals surface area contributed by atoms with Gasteiger partial charge in [0.15, 0.2) is 11.5 Å². The molecule has 1 aliphatic carbocycles. The second-order valence-corrected chi connectivity index (χ2v) is 7.04. The standard InChI is InChI=1S/C20H26N4O3/c1-26-16-9-14-5-7-24(12-15(14)10-17(16)27-2)19-11-18(21-6-8-25)22-20(23-19)13-3-4-13/h9-11,13,25H,3-8,12H2,1-2H3,(H,21,22,23). The molecule has 27 heavy (non-hydrogen) atoms. The molecule has 0 radical (unpaired) electrons. The second kappa shape index (κ2) is 7.60. The molecule has 144 valence electrons. The molecule has 1 saturated carbocycles. The van der Waals surface area contributed by atoms with Crippen molar-refractivity contribution in [2.24, 2.45) is 0 Å². The van der Waals surface area contributed by atoms with Gasteiger partial charge in [0.25, 0.3) is 0 Å². The Hall–Kier alpha value is -2.54. The molecule has 2 aliphatic rings. The van der Waals surface area contributed by atoms with Crippen molar-refractivity contribution in [2.75, 3.05) is 44.1 Å². The van der Waals surface area contributed by atoms with Crippen LogP contribution >= 0.6 is 0 Å². The molecule has 1 fully saturated rings. The zero-order valence-electron chi connectivity index (χ0n) is 15.9. The highest BCUT2D eigenvalue weighted by molar-refractivity contribution is 5.54.